The topological polar surface area (TPSA) is 128 Å². The fourth-order valence-electron chi connectivity index (χ4n) is 4.36. The third-order valence-corrected chi connectivity index (χ3v) is 6.33. The summed E-state index contributed by atoms with van der Waals surface area (Å²) in [7, 11) is 0. The van der Waals surface area contributed by atoms with E-state index in [4.69, 9.17) is 20.2 Å². The zero-order valence-corrected chi connectivity index (χ0v) is 20.2. The molecule has 2 fully saturated rings. The average molecular weight is 490 g/mol. The largest absolute Gasteiger partial charge is 0.381 e. The van der Waals surface area contributed by atoms with Crippen LogP contribution >= 0.6 is 0 Å². The van der Waals surface area contributed by atoms with Crippen LogP contribution in [0.2, 0.25) is 0 Å². The van der Waals surface area contributed by atoms with Gasteiger partial charge >= 0.3 is 0 Å². The molecule has 2 saturated heterocycles. The van der Waals surface area contributed by atoms with Crippen molar-refractivity contribution in [3.8, 4) is 11.4 Å². The predicted molar refractivity (Wildman–Crippen MR) is 137 cm³/mol. The molecular weight excluding hydrogens is 458 g/mol. The molecule has 0 bridgehead atoms. The number of carbonyl (C=O) groups excluding carboxylic acids is 1. The molecule has 2 aliphatic heterocycles. The Morgan fingerprint density at radius 3 is 2.42 bits per heavy atom. The number of nitrogens with two attached hydrogens (primary N) is 1. The molecule has 5 rings (SSSR count). The van der Waals surface area contributed by atoms with Crippen molar-refractivity contribution in [3.63, 3.8) is 0 Å². The first-order valence-electron chi connectivity index (χ1n) is 12.3. The second-order valence-corrected chi connectivity index (χ2v) is 8.94. The molecule has 2 aliphatic rings. The van der Waals surface area contributed by atoms with Gasteiger partial charge in [0.05, 0.1) is 18.9 Å². The van der Waals surface area contributed by atoms with E-state index >= 15 is 0 Å². The number of carbonyl (C=O) groups is 1. The predicted octanol–water partition coefficient (Wildman–Crippen LogP) is 2.80. The van der Waals surface area contributed by atoms with Crippen LogP contribution in [0.25, 0.3) is 11.4 Å². The molecule has 0 saturated carbocycles. The van der Waals surface area contributed by atoms with Crippen LogP contribution in [-0.2, 0) is 16.0 Å². The van der Waals surface area contributed by atoms with Gasteiger partial charge in [-0.15, -0.1) is 0 Å². The van der Waals surface area contributed by atoms with Gasteiger partial charge < -0.3 is 25.8 Å². The fraction of sp³-hybridized carbons (Fsp3) is 0.385. The molecular formula is C26H31N7O3. The summed E-state index contributed by atoms with van der Waals surface area (Å²) in [6, 6.07) is 13.8. The van der Waals surface area contributed by atoms with Crippen molar-refractivity contribution >= 4 is 23.2 Å². The highest BCUT2D eigenvalue weighted by atomic mass is 16.5. The van der Waals surface area contributed by atoms with Gasteiger partial charge in [0, 0.05) is 50.8 Å². The molecule has 4 heterocycles. The van der Waals surface area contributed by atoms with Gasteiger partial charge in [-0.25, -0.2) is 9.97 Å². The molecule has 4 N–H and O–H groups in total. The summed E-state index contributed by atoms with van der Waals surface area (Å²) in [6.45, 7) is 5.65. The molecule has 0 spiro atoms. The maximum Gasteiger partial charge on any atom is 0.271 e. The number of anilines is 3. The highest BCUT2D eigenvalue weighted by Crippen LogP contribution is 2.29. The number of aromatic nitrogens is 3. The zero-order valence-electron chi connectivity index (χ0n) is 20.2. The molecule has 10 heteroatoms. The Balaban J connectivity index is 1.42. The summed E-state index contributed by atoms with van der Waals surface area (Å²) in [6.07, 6.45) is 3.40. The van der Waals surface area contributed by atoms with E-state index in [2.05, 4.69) is 37.6 Å². The minimum Gasteiger partial charge on any atom is -0.381 e. The van der Waals surface area contributed by atoms with Crippen molar-refractivity contribution in [3.05, 3.63) is 59.9 Å². The number of primary amides is 1. The summed E-state index contributed by atoms with van der Waals surface area (Å²) < 4.78 is 10.9. The Bertz CT molecular complexity index is 1160. The van der Waals surface area contributed by atoms with Crippen LogP contribution < -0.4 is 16.4 Å². The monoisotopic (exact) mass is 489 g/mol. The lowest BCUT2D eigenvalue weighted by Gasteiger charge is -2.26. The number of nitrogens with one attached hydrogen (secondary N) is 2. The molecule has 2 aromatic heterocycles. The molecule has 188 valence electrons. The second-order valence-electron chi connectivity index (χ2n) is 8.94. The molecule has 1 amide bonds. The Labute approximate surface area is 210 Å². The summed E-state index contributed by atoms with van der Waals surface area (Å²) in [5.74, 6) is 0.193. The van der Waals surface area contributed by atoms with E-state index in [0.29, 0.717) is 36.2 Å². The second kappa shape index (κ2) is 11.4. The van der Waals surface area contributed by atoms with Gasteiger partial charge in [0.15, 0.2) is 17.3 Å². The maximum absolute atomic E-state index is 12.4. The summed E-state index contributed by atoms with van der Waals surface area (Å²) in [4.78, 5) is 28.6. The molecule has 10 nitrogen and oxygen atoms in total. The first-order valence-corrected chi connectivity index (χ1v) is 12.3. The molecule has 0 aliphatic carbocycles. The third kappa shape index (κ3) is 5.96. The van der Waals surface area contributed by atoms with Crippen molar-refractivity contribution in [2.24, 2.45) is 5.73 Å². The van der Waals surface area contributed by atoms with Crippen LogP contribution in [-0.4, -0.2) is 71.3 Å². The van der Waals surface area contributed by atoms with Gasteiger partial charge in [-0.1, -0.05) is 18.2 Å². The van der Waals surface area contributed by atoms with Crippen molar-refractivity contribution < 1.29 is 14.3 Å². The Hall–Kier alpha value is -3.60. The minimum absolute atomic E-state index is 0.0607. The number of rotatable bonds is 8. The lowest BCUT2D eigenvalue weighted by atomic mass is 10.1. The first-order chi connectivity index (χ1) is 17.7. The third-order valence-electron chi connectivity index (χ3n) is 6.33. The van der Waals surface area contributed by atoms with Crippen LogP contribution in [0.15, 0.2) is 48.7 Å². The average Bonchev–Trinajstić information content (AvgIpc) is 2.91. The van der Waals surface area contributed by atoms with E-state index in [-0.39, 0.29) is 11.7 Å². The number of amides is 1. The van der Waals surface area contributed by atoms with E-state index in [9.17, 15) is 4.79 Å². The number of nitrogens with zero attached hydrogens (tertiary/aromatic N) is 4. The minimum atomic E-state index is -0.663. The lowest BCUT2D eigenvalue weighted by Crippen LogP contribution is -2.35. The van der Waals surface area contributed by atoms with Crippen LogP contribution in [0.3, 0.4) is 0 Å². The van der Waals surface area contributed by atoms with Crippen LogP contribution in [0.4, 0.5) is 17.3 Å². The van der Waals surface area contributed by atoms with E-state index < -0.39 is 5.91 Å². The zero-order chi connectivity index (χ0) is 24.7. The maximum atomic E-state index is 12.4. The van der Waals surface area contributed by atoms with Crippen molar-refractivity contribution in [1.29, 1.82) is 0 Å². The molecule has 0 unspecified atom stereocenters. The smallest absolute Gasteiger partial charge is 0.271 e. The number of benzene rings is 1. The van der Waals surface area contributed by atoms with Crippen LogP contribution in [0.1, 0.15) is 28.9 Å². The first kappa shape index (κ1) is 24.1. The van der Waals surface area contributed by atoms with Crippen molar-refractivity contribution in [2.75, 3.05) is 50.2 Å². The molecule has 0 atom stereocenters. The fourth-order valence-corrected chi connectivity index (χ4v) is 4.36. The SMILES string of the molecule is NC(=O)c1nc(-c2ccccn2)c(NC2CCOCC2)nc1Nc1ccc(CN2CCOCC2)cc1. The number of hydrogen-bond acceptors (Lipinski definition) is 9. The van der Waals surface area contributed by atoms with Gasteiger partial charge in [-0.05, 0) is 42.7 Å². The van der Waals surface area contributed by atoms with Gasteiger partial charge in [-0.3, -0.25) is 14.7 Å². The Kier molecular flexibility index (Phi) is 7.65. The Morgan fingerprint density at radius 2 is 1.72 bits per heavy atom. The van der Waals surface area contributed by atoms with Gasteiger partial charge in [0.2, 0.25) is 0 Å². The number of hydrogen-bond donors (Lipinski definition) is 3. The number of pyridine rings is 1. The van der Waals surface area contributed by atoms with Crippen molar-refractivity contribution in [2.45, 2.75) is 25.4 Å². The number of ether oxygens (including phenoxy) is 2. The lowest BCUT2D eigenvalue weighted by molar-refractivity contribution is 0.0342. The highest BCUT2D eigenvalue weighted by Gasteiger charge is 2.23. The molecule has 3 aromatic rings. The van der Waals surface area contributed by atoms with E-state index in [1.807, 2.05) is 30.3 Å². The van der Waals surface area contributed by atoms with Crippen LogP contribution in [0, 0.1) is 0 Å². The molecule has 0 radical (unpaired) electrons. The van der Waals surface area contributed by atoms with E-state index in [0.717, 1.165) is 51.4 Å². The van der Waals surface area contributed by atoms with Gasteiger partial charge in [-0.2, -0.15) is 0 Å². The normalized spacial score (nSPS) is 17.0. The number of morpholine rings is 1. The summed E-state index contributed by atoms with van der Waals surface area (Å²) in [5.41, 5.74) is 8.88. The van der Waals surface area contributed by atoms with Gasteiger partial charge in [0.1, 0.15) is 5.69 Å². The summed E-state index contributed by atoms with van der Waals surface area (Å²) in [5, 5.41) is 6.74. The molecule has 36 heavy (non-hydrogen) atoms. The van der Waals surface area contributed by atoms with E-state index in [1.54, 1.807) is 6.20 Å². The van der Waals surface area contributed by atoms with Crippen LogP contribution in [0.5, 0.6) is 0 Å². The standard InChI is InChI=1S/C26H31N7O3/c27-24(34)23-26(29-19-6-4-18(5-7-19)17-33-11-15-36-16-12-33)32-25(30-20-8-13-35-14-9-20)22(31-23)21-3-1-2-10-28-21/h1-7,10,20H,8-9,11-17H2,(H2,27,34)(H2,29,30,32). The quantitative estimate of drug-likeness (QED) is 0.438. The van der Waals surface area contributed by atoms with Gasteiger partial charge in [0.25, 0.3) is 5.91 Å². The molecule has 1 aromatic carbocycles. The summed E-state index contributed by atoms with van der Waals surface area (Å²) >= 11 is 0. The van der Waals surface area contributed by atoms with E-state index in [1.165, 1.54) is 5.56 Å². The Morgan fingerprint density at radius 1 is 0.972 bits per heavy atom. The highest BCUT2D eigenvalue weighted by molar-refractivity contribution is 5.97. The van der Waals surface area contributed by atoms with Crippen molar-refractivity contribution in [1.82, 2.24) is 19.9 Å².